The minimum absolute atomic E-state index is 0.298. The van der Waals surface area contributed by atoms with Crippen LogP contribution in [0.1, 0.15) is 44.1 Å². The highest BCUT2D eigenvalue weighted by atomic mass is 35.5. The molecule has 1 saturated carbocycles. The molecule has 2 nitrogen and oxygen atoms in total. The molecule has 19 heavy (non-hydrogen) atoms. The number of hydrogen-bond acceptors (Lipinski definition) is 2. The van der Waals surface area contributed by atoms with Crippen molar-refractivity contribution in [1.29, 1.82) is 0 Å². The van der Waals surface area contributed by atoms with Crippen LogP contribution in [0.4, 0.5) is 0 Å². The monoisotopic (exact) mass is 282 g/mol. The topological polar surface area (TPSA) is 29.5 Å². The normalized spacial score (nSPS) is 17.6. The quantitative estimate of drug-likeness (QED) is 0.846. The molecule has 0 heterocycles. The molecule has 1 fully saturated rings. The third-order valence-electron chi connectivity index (χ3n) is 4.08. The molecule has 106 valence electrons. The minimum Gasteiger partial charge on any atom is -0.496 e. The van der Waals surface area contributed by atoms with Crippen LogP contribution in [0, 0.1) is 5.92 Å². The lowest BCUT2D eigenvalue weighted by molar-refractivity contribution is 0.154. The van der Waals surface area contributed by atoms with Crippen molar-refractivity contribution in [3.05, 3.63) is 28.8 Å². The number of aliphatic hydroxyl groups excluding tert-OH is 1. The molecule has 1 aromatic carbocycles. The third-order valence-corrected chi connectivity index (χ3v) is 4.32. The standard InChI is InChI=1S/C16H23ClO2/c1-19-16-9-7-14(17)10-13(16)11-15(18)8-6-12-4-2-3-5-12/h7,9-10,12,15,18H,2-6,8,11H2,1H3. The second-order valence-electron chi connectivity index (χ2n) is 5.54. The fourth-order valence-electron chi connectivity index (χ4n) is 2.99. The van der Waals surface area contributed by atoms with Gasteiger partial charge in [0.05, 0.1) is 13.2 Å². The summed E-state index contributed by atoms with van der Waals surface area (Å²) >= 11 is 6.00. The van der Waals surface area contributed by atoms with Gasteiger partial charge in [-0.3, -0.25) is 0 Å². The molecule has 1 aliphatic rings. The molecule has 3 heteroatoms. The molecular weight excluding hydrogens is 260 g/mol. The summed E-state index contributed by atoms with van der Waals surface area (Å²) in [6, 6.07) is 5.56. The summed E-state index contributed by atoms with van der Waals surface area (Å²) in [5.74, 6) is 1.64. The predicted octanol–water partition coefficient (Wildman–Crippen LogP) is 4.22. The van der Waals surface area contributed by atoms with Crippen molar-refractivity contribution in [2.45, 2.75) is 51.0 Å². The average Bonchev–Trinajstić information content (AvgIpc) is 2.90. The Bertz CT molecular complexity index is 400. The fourth-order valence-corrected chi connectivity index (χ4v) is 3.18. The van der Waals surface area contributed by atoms with E-state index in [1.807, 2.05) is 18.2 Å². The molecule has 1 unspecified atom stereocenters. The van der Waals surface area contributed by atoms with Crippen molar-refractivity contribution in [1.82, 2.24) is 0 Å². The summed E-state index contributed by atoms with van der Waals surface area (Å²) in [4.78, 5) is 0. The average molecular weight is 283 g/mol. The van der Waals surface area contributed by atoms with Gasteiger partial charge < -0.3 is 9.84 Å². The van der Waals surface area contributed by atoms with Gasteiger partial charge >= 0.3 is 0 Å². The smallest absolute Gasteiger partial charge is 0.122 e. The van der Waals surface area contributed by atoms with Crippen LogP contribution in [0.3, 0.4) is 0 Å². The van der Waals surface area contributed by atoms with E-state index in [1.54, 1.807) is 7.11 Å². The maximum atomic E-state index is 10.2. The number of hydrogen-bond donors (Lipinski definition) is 1. The van der Waals surface area contributed by atoms with Crippen molar-refractivity contribution in [3.8, 4) is 5.75 Å². The van der Waals surface area contributed by atoms with Gasteiger partial charge in [0.2, 0.25) is 0 Å². The molecule has 1 aliphatic carbocycles. The van der Waals surface area contributed by atoms with Gasteiger partial charge in [0.25, 0.3) is 0 Å². The molecule has 0 saturated heterocycles. The molecular formula is C16H23ClO2. The zero-order valence-corrected chi connectivity index (χ0v) is 12.3. The molecule has 2 rings (SSSR count). The second kappa shape index (κ2) is 7.16. The van der Waals surface area contributed by atoms with Gasteiger partial charge in [0.15, 0.2) is 0 Å². The summed E-state index contributed by atoms with van der Waals surface area (Å²) in [7, 11) is 1.65. The van der Waals surface area contributed by atoms with Crippen LogP contribution in [-0.4, -0.2) is 18.3 Å². The van der Waals surface area contributed by atoms with Crippen molar-refractivity contribution in [3.63, 3.8) is 0 Å². The van der Waals surface area contributed by atoms with Crippen LogP contribution in [0.2, 0.25) is 5.02 Å². The molecule has 0 bridgehead atoms. The Kier molecular flexibility index (Phi) is 5.53. The number of rotatable bonds is 6. The van der Waals surface area contributed by atoms with Crippen molar-refractivity contribution < 1.29 is 9.84 Å². The van der Waals surface area contributed by atoms with Crippen LogP contribution in [0.25, 0.3) is 0 Å². The van der Waals surface area contributed by atoms with E-state index in [2.05, 4.69) is 0 Å². The Balaban J connectivity index is 1.86. The maximum absolute atomic E-state index is 10.2. The highest BCUT2D eigenvalue weighted by Crippen LogP contribution is 2.30. The van der Waals surface area contributed by atoms with Gasteiger partial charge in [0.1, 0.15) is 5.75 Å². The molecule has 0 radical (unpaired) electrons. The second-order valence-corrected chi connectivity index (χ2v) is 5.98. The van der Waals surface area contributed by atoms with Crippen LogP contribution >= 0.6 is 11.6 Å². The Labute approximate surface area is 120 Å². The summed E-state index contributed by atoms with van der Waals surface area (Å²) in [6.45, 7) is 0. The number of benzene rings is 1. The van der Waals surface area contributed by atoms with E-state index in [4.69, 9.17) is 16.3 Å². The first-order valence-corrected chi connectivity index (χ1v) is 7.57. The molecule has 1 atom stereocenters. The van der Waals surface area contributed by atoms with Crippen molar-refractivity contribution in [2.24, 2.45) is 5.92 Å². The van der Waals surface area contributed by atoms with E-state index in [0.29, 0.717) is 11.4 Å². The van der Waals surface area contributed by atoms with Gasteiger partial charge in [-0.25, -0.2) is 0 Å². The minimum atomic E-state index is -0.298. The molecule has 0 aromatic heterocycles. The fraction of sp³-hybridized carbons (Fsp3) is 0.625. The summed E-state index contributed by atoms with van der Waals surface area (Å²) in [5, 5.41) is 10.9. The molecule has 0 aliphatic heterocycles. The highest BCUT2D eigenvalue weighted by molar-refractivity contribution is 6.30. The van der Waals surface area contributed by atoms with E-state index >= 15 is 0 Å². The number of ether oxygens (including phenoxy) is 1. The summed E-state index contributed by atoms with van der Waals surface area (Å²) in [6.07, 6.45) is 7.75. The number of methoxy groups -OCH3 is 1. The largest absolute Gasteiger partial charge is 0.496 e. The van der Waals surface area contributed by atoms with Gasteiger partial charge in [-0.1, -0.05) is 37.3 Å². The molecule has 0 amide bonds. The zero-order valence-electron chi connectivity index (χ0n) is 11.6. The van der Waals surface area contributed by atoms with Gasteiger partial charge in [0, 0.05) is 11.4 Å². The molecule has 1 aromatic rings. The van der Waals surface area contributed by atoms with Gasteiger partial charge in [-0.2, -0.15) is 0 Å². The lowest BCUT2D eigenvalue weighted by Gasteiger charge is -2.15. The van der Waals surface area contributed by atoms with Crippen molar-refractivity contribution >= 4 is 11.6 Å². The van der Waals surface area contributed by atoms with E-state index < -0.39 is 0 Å². The lowest BCUT2D eigenvalue weighted by Crippen LogP contribution is -2.12. The molecule has 0 spiro atoms. The molecule has 1 N–H and O–H groups in total. The van der Waals surface area contributed by atoms with Crippen LogP contribution in [0.15, 0.2) is 18.2 Å². The first-order valence-electron chi connectivity index (χ1n) is 7.19. The Morgan fingerprint density at radius 1 is 1.37 bits per heavy atom. The lowest BCUT2D eigenvalue weighted by atomic mass is 9.96. The number of aliphatic hydroxyl groups is 1. The Morgan fingerprint density at radius 2 is 2.11 bits per heavy atom. The summed E-state index contributed by atoms with van der Waals surface area (Å²) < 4.78 is 5.31. The van der Waals surface area contributed by atoms with Crippen molar-refractivity contribution in [2.75, 3.05) is 7.11 Å². The highest BCUT2D eigenvalue weighted by Gasteiger charge is 2.17. The van der Waals surface area contributed by atoms with Gasteiger partial charge in [-0.15, -0.1) is 0 Å². The van der Waals surface area contributed by atoms with E-state index in [0.717, 1.165) is 30.1 Å². The SMILES string of the molecule is COc1ccc(Cl)cc1CC(O)CCC1CCCC1. The van der Waals surface area contributed by atoms with Crippen LogP contribution in [0.5, 0.6) is 5.75 Å². The van der Waals surface area contributed by atoms with Gasteiger partial charge in [-0.05, 0) is 42.5 Å². The zero-order chi connectivity index (χ0) is 13.7. The summed E-state index contributed by atoms with van der Waals surface area (Å²) in [5.41, 5.74) is 0.994. The first-order chi connectivity index (χ1) is 9.19. The van der Waals surface area contributed by atoms with E-state index in [1.165, 1.54) is 25.7 Å². The predicted molar refractivity (Wildman–Crippen MR) is 78.9 cm³/mol. The number of halogens is 1. The Morgan fingerprint density at radius 3 is 2.79 bits per heavy atom. The maximum Gasteiger partial charge on any atom is 0.122 e. The third kappa shape index (κ3) is 4.39. The Hall–Kier alpha value is -0.730. The van der Waals surface area contributed by atoms with E-state index in [9.17, 15) is 5.11 Å². The van der Waals surface area contributed by atoms with E-state index in [-0.39, 0.29) is 6.10 Å². The first kappa shape index (κ1) is 14.7. The van der Waals surface area contributed by atoms with Crippen LogP contribution < -0.4 is 4.74 Å². The van der Waals surface area contributed by atoms with Crippen LogP contribution in [-0.2, 0) is 6.42 Å².